The third kappa shape index (κ3) is 4.78. The van der Waals surface area contributed by atoms with E-state index in [1.807, 2.05) is 0 Å². The third-order valence-electron chi connectivity index (χ3n) is 1.85. The summed E-state index contributed by atoms with van der Waals surface area (Å²) in [6.07, 6.45) is -10.5. The molecule has 0 fully saturated rings. The zero-order valence-electron chi connectivity index (χ0n) is 8.59. The number of carboxylic acids is 1. The predicted octanol–water partition coefficient (Wildman–Crippen LogP) is -8.46. The number of aliphatic hydroxyl groups excluding tert-OH is 6. The summed E-state index contributed by atoms with van der Waals surface area (Å²) < 4.78 is 0. The summed E-state index contributed by atoms with van der Waals surface area (Å²) in [5.41, 5.74) is 0. The second-order valence-corrected chi connectivity index (χ2v) is 2.99. The van der Waals surface area contributed by atoms with Crippen molar-refractivity contribution >= 4 is 5.97 Å². The van der Waals surface area contributed by atoms with E-state index in [1.54, 1.807) is 0 Å². The van der Waals surface area contributed by atoms with Crippen LogP contribution in [-0.4, -0.2) is 73.7 Å². The Morgan fingerprint density at radius 2 is 1.44 bits per heavy atom. The van der Waals surface area contributed by atoms with Gasteiger partial charge in [0.25, 0.3) is 0 Å². The minimum atomic E-state index is -2.40. The molecule has 9 heteroatoms. The molecule has 8 nitrogen and oxygen atoms in total. The molecule has 0 aromatic heterocycles. The van der Waals surface area contributed by atoms with Gasteiger partial charge in [-0.05, 0) is 0 Å². The molecule has 1 unspecified atom stereocenters. The van der Waals surface area contributed by atoms with Gasteiger partial charge >= 0.3 is 18.9 Å². The molecule has 0 aliphatic carbocycles. The molecule has 90 valence electrons. The van der Waals surface area contributed by atoms with Crippen LogP contribution in [0.1, 0.15) is 0 Å². The zero-order chi connectivity index (χ0) is 12.2. The SMILES string of the molecule is O=C([O-])[C@H](O)[C@@H](O)[C@H](O)[C@H](O)C(O)CO.[Li+]. The van der Waals surface area contributed by atoms with Crippen molar-refractivity contribution in [2.45, 2.75) is 30.5 Å². The Labute approximate surface area is 103 Å². The number of aliphatic carboxylic acids is 1. The fourth-order valence-corrected chi connectivity index (χ4v) is 0.864. The van der Waals surface area contributed by atoms with Crippen LogP contribution in [0.5, 0.6) is 0 Å². The van der Waals surface area contributed by atoms with E-state index in [1.165, 1.54) is 0 Å². The average Bonchev–Trinajstić information content (AvgIpc) is 2.23. The second kappa shape index (κ2) is 8.00. The topological polar surface area (TPSA) is 162 Å². The summed E-state index contributed by atoms with van der Waals surface area (Å²) in [6, 6.07) is 0. The van der Waals surface area contributed by atoms with Crippen LogP contribution in [0.3, 0.4) is 0 Å². The predicted molar refractivity (Wildman–Crippen MR) is 42.1 cm³/mol. The maximum absolute atomic E-state index is 10.1. The van der Waals surface area contributed by atoms with Crippen LogP contribution in [0.4, 0.5) is 0 Å². The quantitative estimate of drug-likeness (QED) is 0.246. The van der Waals surface area contributed by atoms with Crippen molar-refractivity contribution in [3.05, 3.63) is 0 Å². The van der Waals surface area contributed by atoms with Gasteiger partial charge in [0.05, 0.1) is 12.6 Å². The maximum Gasteiger partial charge on any atom is 1.00 e. The monoisotopic (exact) mass is 232 g/mol. The summed E-state index contributed by atoms with van der Waals surface area (Å²) in [4.78, 5) is 10.1. The van der Waals surface area contributed by atoms with Crippen molar-refractivity contribution in [2.75, 3.05) is 6.61 Å². The summed E-state index contributed by atoms with van der Waals surface area (Å²) in [7, 11) is 0. The molecule has 0 aliphatic heterocycles. The number of carboxylic acid groups (broad SMARTS) is 1. The van der Waals surface area contributed by atoms with Crippen LogP contribution in [0.15, 0.2) is 0 Å². The van der Waals surface area contributed by atoms with Gasteiger partial charge in [0, 0.05) is 0 Å². The molecule has 0 saturated carbocycles. The first-order chi connectivity index (χ1) is 6.82. The van der Waals surface area contributed by atoms with E-state index in [0.717, 1.165) is 0 Å². The van der Waals surface area contributed by atoms with E-state index in [0.29, 0.717) is 0 Å². The molecular formula is C7H13LiO8. The van der Waals surface area contributed by atoms with Gasteiger partial charge in [0.2, 0.25) is 0 Å². The number of carbonyl (C=O) groups excluding carboxylic acids is 1. The van der Waals surface area contributed by atoms with Crippen LogP contribution >= 0.6 is 0 Å². The number of aliphatic hydroxyl groups is 6. The minimum Gasteiger partial charge on any atom is -0.547 e. The molecule has 0 bridgehead atoms. The zero-order valence-corrected chi connectivity index (χ0v) is 8.59. The first-order valence-corrected chi connectivity index (χ1v) is 4.05. The molecule has 0 spiro atoms. The Kier molecular flexibility index (Phi) is 9.10. The van der Waals surface area contributed by atoms with Crippen molar-refractivity contribution in [1.29, 1.82) is 0 Å². The molecule has 6 N–H and O–H groups in total. The number of carbonyl (C=O) groups is 1. The van der Waals surface area contributed by atoms with Crippen molar-refractivity contribution in [3.63, 3.8) is 0 Å². The van der Waals surface area contributed by atoms with E-state index in [4.69, 9.17) is 30.6 Å². The standard InChI is InChI=1S/C7H14O8.Li/c8-1-2(9)3(10)4(11)5(12)6(13)7(14)15;/h2-6,8-13H,1H2,(H,14,15);/q;+1/p-1/t2?,3-,4-,5+,6-;/m1./s1. The Morgan fingerprint density at radius 1 is 1.00 bits per heavy atom. The molecule has 5 atom stereocenters. The van der Waals surface area contributed by atoms with Crippen LogP contribution in [0, 0.1) is 0 Å². The van der Waals surface area contributed by atoms with Gasteiger partial charge < -0.3 is 40.5 Å². The molecule has 0 heterocycles. The molecule has 0 aliphatic rings. The Morgan fingerprint density at radius 3 is 1.75 bits per heavy atom. The normalized spacial score (nSPS) is 20.1. The van der Waals surface area contributed by atoms with Crippen molar-refractivity contribution in [1.82, 2.24) is 0 Å². The average molecular weight is 232 g/mol. The largest absolute Gasteiger partial charge is 1.00 e. The van der Waals surface area contributed by atoms with Crippen LogP contribution in [0.2, 0.25) is 0 Å². The number of hydrogen-bond donors (Lipinski definition) is 6. The van der Waals surface area contributed by atoms with E-state index < -0.39 is 43.1 Å². The Balaban J connectivity index is 0. The minimum absolute atomic E-state index is 0. The van der Waals surface area contributed by atoms with Gasteiger partial charge in [0.15, 0.2) is 0 Å². The Bertz CT molecular complexity index is 213. The summed E-state index contributed by atoms with van der Waals surface area (Å²) >= 11 is 0. The van der Waals surface area contributed by atoms with E-state index >= 15 is 0 Å². The van der Waals surface area contributed by atoms with E-state index in [9.17, 15) is 9.90 Å². The van der Waals surface area contributed by atoms with Crippen molar-refractivity contribution < 1.29 is 59.4 Å². The molecule has 0 aromatic rings. The van der Waals surface area contributed by atoms with Gasteiger partial charge in [-0.25, -0.2) is 0 Å². The molecule has 0 rings (SSSR count). The molecule has 0 saturated heterocycles. The van der Waals surface area contributed by atoms with Crippen molar-refractivity contribution in [3.8, 4) is 0 Å². The van der Waals surface area contributed by atoms with Crippen LogP contribution in [0.25, 0.3) is 0 Å². The van der Waals surface area contributed by atoms with Gasteiger partial charge in [-0.3, -0.25) is 0 Å². The first kappa shape index (κ1) is 18.2. The molecule has 0 aromatic carbocycles. The fourth-order valence-electron chi connectivity index (χ4n) is 0.864. The van der Waals surface area contributed by atoms with Gasteiger partial charge in [-0.1, -0.05) is 0 Å². The van der Waals surface area contributed by atoms with Gasteiger partial charge in [0.1, 0.15) is 30.5 Å². The van der Waals surface area contributed by atoms with Crippen LogP contribution < -0.4 is 24.0 Å². The summed E-state index contributed by atoms with van der Waals surface area (Å²) in [5.74, 6) is -2.03. The van der Waals surface area contributed by atoms with Gasteiger partial charge in [-0.15, -0.1) is 0 Å². The number of rotatable bonds is 6. The molecular weight excluding hydrogens is 219 g/mol. The smallest absolute Gasteiger partial charge is 0.547 e. The molecule has 0 radical (unpaired) electrons. The fraction of sp³-hybridized carbons (Fsp3) is 0.857. The van der Waals surface area contributed by atoms with E-state index in [-0.39, 0.29) is 18.9 Å². The molecule has 0 amide bonds. The van der Waals surface area contributed by atoms with Gasteiger partial charge in [-0.2, -0.15) is 0 Å². The summed E-state index contributed by atoms with van der Waals surface area (Å²) in [6.45, 7) is -0.896. The first-order valence-electron chi connectivity index (χ1n) is 4.05. The summed E-state index contributed by atoms with van der Waals surface area (Å²) in [5, 5.41) is 63.2. The maximum atomic E-state index is 10.1. The third-order valence-corrected chi connectivity index (χ3v) is 1.85. The second-order valence-electron chi connectivity index (χ2n) is 2.99. The van der Waals surface area contributed by atoms with Crippen molar-refractivity contribution in [2.24, 2.45) is 0 Å². The van der Waals surface area contributed by atoms with Crippen LogP contribution in [-0.2, 0) is 4.79 Å². The van der Waals surface area contributed by atoms with E-state index in [2.05, 4.69) is 0 Å². The molecule has 16 heavy (non-hydrogen) atoms. The number of hydrogen-bond acceptors (Lipinski definition) is 8. The Hall–Kier alpha value is -0.173.